The van der Waals surface area contributed by atoms with Gasteiger partial charge < -0.3 is 15.8 Å². The fourth-order valence-electron chi connectivity index (χ4n) is 1.17. The van der Waals surface area contributed by atoms with Crippen LogP contribution in [0.15, 0.2) is 0 Å². The molecular weight excluding hydrogens is 216 g/mol. The van der Waals surface area contributed by atoms with E-state index < -0.39 is 6.04 Å². The second kappa shape index (κ2) is 7.67. The molecule has 0 rings (SSSR count). The van der Waals surface area contributed by atoms with Crippen molar-refractivity contribution in [2.75, 3.05) is 19.8 Å². The zero-order valence-corrected chi connectivity index (χ0v) is 11.9. The van der Waals surface area contributed by atoms with E-state index in [1.807, 2.05) is 20.8 Å². The van der Waals surface area contributed by atoms with Gasteiger partial charge in [0, 0.05) is 13.2 Å². The van der Waals surface area contributed by atoms with E-state index in [9.17, 15) is 4.79 Å². The van der Waals surface area contributed by atoms with Crippen LogP contribution in [0.25, 0.3) is 0 Å². The lowest BCUT2D eigenvalue weighted by molar-refractivity contribution is -0.124. The molecular formula is C13H28N2O2. The van der Waals surface area contributed by atoms with Crippen LogP contribution in [0.2, 0.25) is 0 Å². The molecule has 0 aromatic rings. The standard InChI is InChI=1S/C13H28N2O2/c1-10(2)6-8-17-9-7-15-12(16)11(14)13(3,4)5/h10-11H,6-9,14H2,1-5H3,(H,15,16)/t11-/m1/s1. The van der Waals surface area contributed by atoms with Crippen LogP contribution >= 0.6 is 0 Å². The smallest absolute Gasteiger partial charge is 0.237 e. The van der Waals surface area contributed by atoms with Crippen LogP contribution in [0, 0.1) is 11.3 Å². The predicted molar refractivity (Wildman–Crippen MR) is 70.7 cm³/mol. The van der Waals surface area contributed by atoms with E-state index >= 15 is 0 Å². The normalized spacial score (nSPS) is 13.8. The van der Waals surface area contributed by atoms with Gasteiger partial charge in [0.05, 0.1) is 12.6 Å². The Labute approximate surface area is 105 Å². The number of carbonyl (C=O) groups excluding carboxylic acids is 1. The Morgan fingerprint density at radius 2 is 1.88 bits per heavy atom. The van der Waals surface area contributed by atoms with Gasteiger partial charge in [0.2, 0.25) is 5.91 Å². The second-order valence-corrected chi connectivity index (χ2v) is 5.93. The Kier molecular flexibility index (Phi) is 7.39. The number of nitrogens with two attached hydrogens (primary N) is 1. The Balaban J connectivity index is 3.59. The molecule has 4 nitrogen and oxygen atoms in total. The molecule has 0 saturated carbocycles. The van der Waals surface area contributed by atoms with Crippen molar-refractivity contribution in [3.8, 4) is 0 Å². The van der Waals surface area contributed by atoms with Gasteiger partial charge in [-0.15, -0.1) is 0 Å². The average Bonchev–Trinajstić information content (AvgIpc) is 2.19. The van der Waals surface area contributed by atoms with Gasteiger partial charge in [-0.1, -0.05) is 34.6 Å². The SMILES string of the molecule is CC(C)CCOCCNC(=O)[C@@H](N)C(C)(C)C. The van der Waals surface area contributed by atoms with Crippen molar-refractivity contribution in [1.29, 1.82) is 0 Å². The van der Waals surface area contributed by atoms with Crippen LogP contribution in [-0.2, 0) is 9.53 Å². The van der Waals surface area contributed by atoms with E-state index in [1.54, 1.807) is 0 Å². The van der Waals surface area contributed by atoms with Gasteiger partial charge in [-0.2, -0.15) is 0 Å². The van der Waals surface area contributed by atoms with Gasteiger partial charge in [-0.05, 0) is 17.8 Å². The zero-order valence-electron chi connectivity index (χ0n) is 11.9. The summed E-state index contributed by atoms with van der Waals surface area (Å²) in [6.07, 6.45) is 1.05. The molecule has 0 spiro atoms. The zero-order chi connectivity index (χ0) is 13.5. The van der Waals surface area contributed by atoms with E-state index in [1.165, 1.54) is 0 Å². The highest BCUT2D eigenvalue weighted by Gasteiger charge is 2.26. The Bertz CT molecular complexity index is 222. The van der Waals surface area contributed by atoms with Crippen LogP contribution < -0.4 is 11.1 Å². The molecule has 4 heteroatoms. The van der Waals surface area contributed by atoms with Crippen LogP contribution in [0.1, 0.15) is 41.0 Å². The summed E-state index contributed by atoms with van der Waals surface area (Å²) in [4.78, 5) is 11.6. The lowest BCUT2D eigenvalue weighted by Crippen LogP contribution is -2.49. The molecule has 0 saturated heterocycles. The number of ether oxygens (including phenoxy) is 1. The van der Waals surface area contributed by atoms with E-state index in [2.05, 4.69) is 19.2 Å². The van der Waals surface area contributed by atoms with Gasteiger partial charge in [-0.25, -0.2) is 0 Å². The summed E-state index contributed by atoms with van der Waals surface area (Å²) < 4.78 is 5.40. The molecule has 0 aromatic carbocycles. The third kappa shape index (κ3) is 8.16. The maximum absolute atomic E-state index is 11.6. The Hall–Kier alpha value is -0.610. The molecule has 0 heterocycles. The van der Waals surface area contributed by atoms with Crippen molar-refractivity contribution < 1.29 is 9.53 Å². The molecule has 102 valence electrons. The first kappa shape index (κ1) is 16.4. The number of hydrogen-bond donors (Lipinski definition) is 2. The van der Waals surface area contributed by atoms with Crippen molar-refractivity contribution in [3.63, 3.8) is 0 Å². The van der Waals surface area contributed by atoms with E-state index in [-0.39, 0.29) is 11.3 Å². The molecule has 0 aliphatic carbocycles. The first-order valence-electron chi connectivity index (χ1n) is 6.36. The van der Waals surface area contributed by atoms with Crippen molar-refractivity contribution >= 4 is 5.91 Å². The lowest BCUT2D eigenvalue weighted by atomic mass is 9.87. The van der Waals surface area contributed by atoms with E-state index in [0.29, 0.717) is 19.1 Å². The predicted octanol–water partition coefficient (Wildman–Crippen LogP) is 1.54. The number of hydrogen-bond acceptors (Lipinski definition) is 3. The molecule has 3 N–H and O–H groups in total. The molecule has 0 aromatic heterocycles. The minimum Gasteiger partial charge on any atom is -0.380 e. The highest BCUT2D eigenvalue weighted by atomic mass is 16.5. The fraction of sp³-hybridized carbons (Fsp3) is 0.923. The monoisotopic (exact) mass is 244 g/mol. The third-order valence-corrected chi connectivity index (χ3v) is 2.60. The summed E-state index contributed by atoms with van der Waals surface area (Å²) in [5.74, 6) is 0.545. The molecule has 0 aliphatic rings. The van der Waals surface area contributed by atoms with Gasteiger partial charge in [0.1, 0.15) is 0 Å². The molecule has 0 unspecified atom stereocenters. The molecule has 0 bridgehead atoms. The van der Waals surface area contributed by atoms with E-state index in [0.717, 1.165) is 13.0 Å². The largest absolute Gasteiger partial charge is 0.380 e. The van der Waals surface area contributed by atoms with Gasteiger partial charge in [0.25, 0.3) is 0 Å². The van der Waals surface area contributed by atoms with Crippen LogP contribution in [0.3, 0.4) is 0 Å². The maximum atomic E-state index is 11.6. The molecule has 1 amide bonds. The van der Waals surface area contributed by atoms with Gasteiger partial charge in [0.15, 0.2) is 0 Å². The third-order valence-electron chi connectivity index (χ3n) is 2.60. The molecule has 1 atom stereocenters. The second-order valence-electron chi connectivity index (χ2n) is 5.93. The van der Waals surface area contributed by atoms with Crippen molar-refractivity contribution in [1.82, 2.24) is 5.32 Å². The number of carbonyl (C=O) groups is 1. The van der Waals surface area contributed by atoms with E-state index in [4.69, 9.17) is 10.5 Å². The molecule has 17 heavy (non-hydrogen) atoms. The van der Waals surface area contributed by atoms with Crippen molar-refractivity contribution in [2.45, 2.75) is 47.1 Å². The maximum Gasteiger partial charge on any atom is 0.237 e. The molecule has 0 aliphatic heterocycles. The highest BCUT2D eigenvalue weighted by Crippen LogP contribution is 2.16. The topological polar surface area (TPSA) is 64.3 Å². The van der Waals surface area contributed by atoms with Crippen molar-refractivity contribution in [3.05, 3.63) is 0 Å². The summed E-state index contributed by atoms with van der Waals surface area (Å²) in [7, 11) is 0. The minimum atomic E-state index is -0.474. The molecule has 0 fully saturated rings. The minimum absolute atomic E-state index is 0.107. The highest BCUT2D eigenvalue weighted by molar-refractivity contribution is 5.82. The number of rotatable bonds is 7. The van der Waals surface area contributed by atoms with Crippen LogP contribution in [-0.4, -0.2) is 31.7 Å². The first-order chi connectivity index (χ1) is 7.75. The van der Waals surface area contributed by atoms with Gasteiger partial charge in [-0.3, -0.25) is 4.79 Å². The summed E-state index contributed by atoms with van der Waals surface area (Å²) >= 11 is 0. The summed E-state index contributed by atoms with van der Waals surface area (Å²) in [5.41, 5.74) is 5.62. The number of amides is 1. The Morgan fingerprint density at radius 3 is 2.35 bits per heavy atom. The summed E-state index contributed by atoms with van der Waals surface area (Å²) in [6.45, 7) is 12.0. The Morgan fingerprint density at radius 1 is 1.29 bits per heavy atom. The van der Waals surface area contributed by atoms with Crippen LogP contribution in [0.4, 0.5) is 0 Å². The quantitative estimate of drug-likeness (QED) is 0.668. The fourth-order valence-corrected chi connectivity index (χ4v) is 1.17. The number of nitrogens with one attached hydrogen (secondary N) is 1. The lowest BCUT2D eigenvalue weighted by Gasteiger charge is -2.25. The van der Waals surface area contributed by atoms with Gasteiger partial charge >= 0.3 is 0 Å². The molecule has 0 radical (unpaired) electrons. The summed E-state index contributed by atoms with van der Waals surface area (Å²) in [6, 6.07) is -0.474. The van der Waals surface area contributed by atoms with Crippen molar-refractivity contribution in [2.24, 2.45) is 17.1 Å². The summed E-state index contributed by atoms with van der Waals surface area (Å²) in [5, 5.41) is 2.79. The average molecular weight is 244 g/mol. The van der Waals surface area contributed by atoms with Crippen LogP contribution in [0.5, 0.6) is 0 Å². The first-order valence-corrected chi connectivity index (χ1v) is 6.36.